The molecule has 0 bridgehead atoms. The summed E-state index contributed by atoms with van der Waals surface area (Å²) in [5.41, 5.74) is 7.27. The zero-order valence-corrected chi connectivity index (χ0v) is 22.7. The summed E-state index contributed by atoms with van der Waals surface area (Å²) in [4.78, 5) is 9.02. The molecule has 2 aromatic rings. The summed E-state index contributed by atoms with van der Waals surface area (Å²) in [5.74, 6) is -0.0588. The van der Waals surface area contributed by atoms with Crippen LogP contribution in [0.4, 0.5) is 16.0 Å². The predicted molar refractivity (Wildman–Crippen MR) is 146 cm³/mol. The smallest absolute Gasteiger partial charge is 0.178 e. The van der Waals surface area contributed by atoms with E-state index in [1.54, 1.807) is 12.3 Å². The maximum Gasteiger partial charge on any atom is 0.178 e. The van der Waals surface area contributed by atoms with Gasteiger partial charge in [0.05, 0.1) is 23.9 Å². The number of nitrogens with zero attached hydrogens (tertiary/aromatic N) is 2. The molecule has 0 amide bonds. The van der Waals surface area contributed by atoms with Crippen LogP contribution in [-0.4, -0.2) is 72.9 Å². The number of hydrogen-bond acceptors (Lipinski definition) is 9. The van der Waals surface area contributed by atoms with Crippen molar-refractivity contribution in [2.45, 2.75) is 68.9 Å². The molecule has 0 unspecified atom stereocenters. The van der Waals surface area contributed by atoms with E-state index < -0.39 is 17.1 Å². The molecule has 4 heterocycles. The van der Waals surface area contributed by atoms with Gasteiger partial charge >= 0.3 is 0 Å². The first-order valence-electron chi connectivity index (χ1n) is 13.5. The summed E-state index contributed by atoms with van der Waals surface area (Å²) >= 11 is 6.50. The van der Waals surface area contributed by atoms with Crippen LogP contribution >= 0.6 is 11.6 Å². The minimum absolute atomic E-state index is 0.161. The van der Waals surface area contributed by atoms with Crippen molar-refractivity contribution in [2.75, 3.05) is 50.2 Å². The maximum atomic E-state index is 14.6. The highest BCUT2D eigenvalue weighted by Crippen LogP contribution is 2.31. The SMILES string of the molecule is CC1(CN[C@H]2CC[C@H](Nc3cc(-c4ccc(F)c(NCC5(N)CCOCC5)n4)c(Cl)cn3)CC2)OCCO1. The number of rotatable bonds is 9. The Balaban J connectivity index is 1.18. The number of ether oxygens (including phenoxy) is 3. The van der Waals surface area contributed by atoms with Crippen LogP contribution < -0.4 is 21.7 Å². The molecule has 9 nitrogen and oxygen atoms in total. The van der Waals surface area contributed by atoms with Gasteiger partial charge in [0.25, 0.3) is 0 Å². The molecule has 2 aromatic heterocycles. The number of nitrogens with one attached hydrogen (secondary N) is 3. The average Bonchev–Trinajstić information content (AvgIpc) is 3.36. The lowest BCUT2D eigenvalue weighted by molar-refractivity contribution is -0.139. The Morgan fingerprint density at radius 2 is 1.76 bits per heavy atom. The van der Waals surface area contributed by atoms with Gasteiger partial charge < -0.3 is 35.9 Å². The van der Waals surface area contributed by atoms with Gasteiger partial charge in [-0.1, -0.05) is 11.6 Å². The van der Waals surface area contributed by atoms with E-state index >= 15 is 0 Å². The molecule has 5 N–H and O–H groups in total. The first-order chi connectivity index (χ1) is 18.3. The van der Waals surface area contributed by atoms with Crippen molar-refractivity contribution in [1.29, 1.82) is 0 Å². The highest BCUT2D eigenvalue weighted by molar-refractivity contribution is 6.33. The molecule has 1 saturated carbocycles. The third-order valence-electron chi connectivity index (χ3n) is 7.76. The standard InChI is InChI=1S/C27H38ClFN6O3/c1-26(37-12-13-38-26)16-32-18-2-4-19(5-3-18)34-24-14-20(21(28)15-31-24)23-7-6-22(29)25(35-23)33-17-27(30)8-10-36-11-9-27/h6-7,14-15,18-19,32H,2-5,8-13,16-17,30H2,1H3,(H,31,34)(H,33,35)/t18-,19-. The molecule has 0 radical (unpaired) electrons. The Kier molecular flexibility index (Phi) is 8.66. The normalized spacial score (nSPS) is 24.7. The second-order valence-corrected chi connectivity index (χ2v) is 11.2. The third kappa shape index (κ3) is 6.91. The average molecular weight is 549 g/mol. The van der Waals surface area contributed by atoms with E-state index in [4.69, 9.17) is 31.5 Å². The van der Waals surface area contributed by atoms with E-state index in [0.29, 0.717) is 80.7 Å². The first kappa shape index (κ1) is 27.5. The molecular formula is C27H38ClFN6O3. The number of anilines is 2. The third-order valence-corrected chi connectivity index (χ3v) is 8.06. The summed E-state index contributed by atoms with van der Waals surface area (Å²) < 4.78 is 31.4. The van der Waals surface area contributed by atoms with Gasteiger partial charge in [0.15, 0.2) is 17.4 Å². The summed E-state index contributed by atoms with van der Waals surface area (Å²) in [6.45, 7) is 5.62. The van der Waals surface area contributed by atoms with Gasteiger partial charge in [0.2, 0.25) is 0 Å². The topological polar surface area (TPSA) is 116 Å². The van der Waals surface area contributed by atoms with Gasteiger partial charge in [0, 0.05) is 55.7 Å². The fourth-order valence-corrected chi connectivity index (χ4v) is 5.48. The monoisotopic (exact) mass is 548 g/mol. The van der Waals surface area contributed by atoms with Crippen LogP contribution in [0.15, 0.2) is 24.4 Å². The molecule has 2 saturated heterocycles. The van der Waals surface area contributed by atoms with Crippen LogP contribution in [-0.2, 0) is 14.2 Å². The van der Waals surface area contributed by atoms with Crippen molar-refractivity contribution in [1.82, 2.24) is 15.3 Å². The summed E-state index contributed by atoms with van der Waals surface area (Å²) in [5, 5.41) is 10.7. The van der Waals surface area contributed by atoms with Crippen LogP contribution in [0.1, 0.15) is 45.4 Å². The van der Waals surface area contributed by atoms with Crippen molar-refractivity contribution >= 4 is 23.2 Å². The fourth-order valence-electron chi connectivity index (χ4n) is 5.28. The largest absolute Gasteiger partial charge is 0.381 e. The quantitative estimate of drug-likeness (QED) is 0.370. The van der Waals surface area contributed by atoms with E-state index in [9.17, 15) is 4.39 Å². The lowest BCUT2D eigenvalue weighted by Crippen LogP contribution is -2.50. The van der Waals surface area contributed by atoms with Crippen LogP contribution in [0.3, 0.4) is 0 Å². The molecular weight excluding hydrogens is 511 g/mol. The Hall–Kier alpha value is -2.08. The molecule has 3 aliphatic rings. The minimum atomic E-state index is -0.515. The lowest BCUT2D eigenvalue weighted by atomic mass is 9.91. The van der Waals surface area contributed by atoms with Crippen molar-refractivity contribution in [3.05, 3.63) is 35.2 Å². The van der Waals surface area contributed by atoms with Gasteiger partial charge in [-0.15, -0.1) is 0 Å². The molecule has 0 atom stereocenters. The lowest BCUT2D eigenvalue weighted by Gasteiger charge is -2.33. The van der Waals surface area contributed by atoms with E-state index in [2.05, 4.69) is 25.9 Å². The number of halogens is 2. The van der Waals surface area contributed by atoms with Crippen LogP contribution in [0.2, 0.25) is 5.02 Å². The van der Waals surface area contributed by atoms with Crippen LogP contribution in [0, 0.1) is 5.82 Å². The van der Waals surface area contributed by atoms with Gasteiger partial charge in [-0.25, -0.2) is 14.4 Å². The van der Waals surface area contributed by atoms with Crippen molar-refractivity contribution in [2.24, 2.45) is 5.73 Å². The van der Waals surface area contributed by atoms with Gasteiger partial charge in [0.1, 0.15) is 5.82 Å². The molecule has 208 valence electrons. The van der Waals surface area contributed by atoms with Gasteiger partial charge in [-0.3, -0.25) is 0 Å². The number of hydrogen-bond donors (Lipinski definition) is 4. The van der Waals surface area contributed by atoms with E-state index in [1.165, 1.54) is 6.07 Å². The second-order valence-electron chi connectivity index (χ2n) is 10.8. The summed E-state index contributed by atoms with van der Waals surface area (Å²) in [6, 6.07) is 5.66. The molecule has 1 aliphatic carbocycles. The van der Waals surface area contributed by atoms with Gasteiger partial charge in [-0.2, -0.15) is 0 Å². The Labute approximate surface area is 228 Å². The Morgan fingerprint density at radius 1 is 1.05 bits per heavy atom. The molecule has 0 spiro atoms. The van der Waals surface area contributed by atoms with Crippen molar-refractivity contribution in [3.63, 3.8) is 0 Å². The molecule has 11 heteroatoms. The zero-order chi connectivity index (χ0) is 26.6. The van der Waals surface area contributed by atoms with E-state index in [-0.39, 0.29) is 5.82 Å². The Bertz CT molecular complexity index is 1090. The summed E-state index contributed by atoms with van der Waals surface area (Å²) in [6.07, 6.45) is 7.19. The molecule has 2 aliphatic heterocycles. The molecule has 5 rings (SSSR count). The number of nitrogens with two attached hydrogens (primary N) is 1. The van der Waals surface area contributed by atoms with E-state index in [0.717, 1.165) is 31.5 Å². The van der Waals surface area contributed by atoms with Crippen molar-refractivity contribution in [3.8, 4) is 11.3 Å². The first-order valence-corrected chi connectivity index (χ1v) is 13.9. The highest BCUT2D eigenvalue weighted by atomic mass is 35.5. The number of aromatic nitrogens is 2. The van der Waals surface area contributed by atoms with Gasteiger partial charge in [-0.05, 0) is 63.6 Å². The predicted octanol–water partition coefficient (Wildman–Crippen LogP) is 3.93. The molecule has 0 aromatic carbocycles. The zero-order valence-electron chi connectivity index (χ0n) is 21.9. The Morgan fingerprint density at radius 3 is 2.50 bits per heavy atom. The van der Waals surface area contributed by atoms with Crippen LogP contribution in [0.25, 0.3) is 11.3 Å². The second kappa shape index (κ2) is 12.0. The molecule has 38 heavy (non-hydrogen) atoms. The summed E-state index contributed by atoms with van der Waals surface area (Å²) in [7, 11) is 0. The van der Waals surface area contributed by atoms with Crippen LogP contribution in [0.5, 0.6) is 0 Å². The minimum Gasteiger partial charge on any atom is -0.381 e. The van der Waals surface area contributed by atoms with Crippen molar-refractivity contribution < 1.29 is 18.6 Å². The van der Waals surface area contributed by atoms with E-state index in [1.807, 2.05) is 13.0 Å². The highest BCUT2D eigenvalue weighted by Gasteiger charge is 2.32. The molecule has 3 fully saturated rings. The number of pyridine rings is 2. The fraction of sp³-hybridized carbons (Fsp3) is 0.630. The maximum absolute atomic E-state index is 14.6.